The van der Waals surface area contributed by atoms with Gasteiger partial charge in [0.25, 0.3) is 0 Å². The Morgan fingerprint density at radius 2 is 2.10 bits per heavy atom. The molecule has 0 radical (unpaired) electrons. The van der Waals surface area contributed by atoms with Crippen LogP contribution < -0.4 is 10.2 Å². The molecule has 120 valence electrons. The number of hydrogen-bond donors (Lipinski definition) is 1. The van der Waals surface area contributed by atoms with Crippen molar-refractivity contribution in [3.05, 3.63) is 11.1 Å². The zero-order valence-corrected chi connectivity index (χ0v) is 13.4. The normalized spacial score (nSPS) is 20.9. The van der Waals surface area contributed by atoms with Gasteiger partial charge in [-0.2, -0.15) is 13.2 Å². The van der Waals surface area contributed by atoms with Gasteiger partial charge >= 0.3 is 6.18 Å². The summed E-state index contributed by atoms with van der Waals surface area (Å²) in [7, 11) is 0. The van der Waals surface area contributed by atoms with Crippen LogP contribution in [0.15, 0.2) is 6.20 Å². The Hall–Kier alpha value is -0.820. The zero-order valence-electron chi connectivity index (χ0n) is 12.6. The van der Waals surface area contributed by atoms with Crippen molar-refractivity contribution < 1.29 is 13.2 Å². The molecule has 2 rings (SSSR count). The molecule has 21 heavy (non-hydrogen) atoms. The fourth-order valence-electron chi connectivity index (χ4n) is 2.30. The molecule has 1 unspecified atom stereocenters. The van der Waals surface area contributed by atoms with Gasteiger partial charge in [0, 0.05) is 36.2 Å². The number of anilines is 1. The van der Waals surface area contributed by atoms with Crippen LogP contribution in [0.4, 0.5) is 18.3 Å². The maximum absolute atomic E-state index is 12.8. The van der Waals surface area contributed by atoms with E-state index in [1.54, 1.807) is 11.1 Å². The largest absolute Gasteiger partial charge is 0.393 e. The van der Waals surface area contributed by atoms with Gasteiger partial charge in [0.1, 0.15) is 0 Å². The fraction of sp³-hybridized carbons (Fsp3) is 0.786. The van der Waals surface area contributed by atoms with E-state index in [4.69, 9.17) is 0 Å². The molecule has 7 heteroatoms. The van der Waals surface area contributed by atoms with Crippen molar-refractivity contribution in [2.75, 3.05) is 18.0 Å². The third-order valence-corrected chi connectivity index (χ3v) is 4.55. The van der Waals surface area contributed by atoms with Gasteiger partial charge in [0.05, 0.1) is 5.92 Å². The zero-order chi connectivity index (χ0) is 15.7. The third-order valence-electron chi connectivity index (χ3n) is 3.49. The molecule has 1 N–H and O–H groups in total. The number of rotatable bonds is 3. The lowest BCUT2D eigenvalue weighted by atomic mass is 9.98. The van der Waals surface area contributed by atoms with Gasteiger partial charge in [-0.3, -0.25) is 0 Å². The predicted molar refractivity (Wildman–Crippen MR) is 79.7 cm³/mol. The first-order chi connectivity index (χ1) is 9.65. The van der Waals surface area contributed by atoms with Crippen LogP contribution in [0.1, 0.15) is 38.5 Å². The summed E-state index contributed by atoms with van der Waals surface area (Å²) in [6.07, 6.45) is -1.55. The summed E-state index contributed by atoms with van der Waals surface area (Å²) in [6.45, 7) is 7.61. The monoisotopic (exact) mass is 321 g/mol. The average molecular weight is 321 g/mol. The maximum Gasteiger partial charge on any atom is 0.393 e. The van der Waals surface area contributed by atoms with Crippen molar-refractivity contribution in [2.24, 2.45) is 5.92 Å². The molecule has 0 aromatic carbocycles. The molecule has 0 spiro atoms. The highest BCUT2D eigenvalue weighted by Crippen LogP contribution is 2.35. The Labute approximate surface area is 127 Å². The number of alkyl halides is 3. The van der Waals surface area contributed by atoms with E-state index in [2.05, 4.69) is 31.1 Å². The summed E-state index contributed by atoms with van der Waals surface area (Å²) in [5, 5.41) is 4.06. The second kappa shape index (κ2) is 6.12. The summed E-state index contributed by atoms with van der Waals surface area (Å²) in [4.78, 5) is 7.11. The predicted octanol–water partition coefficient (Wildman–Crippen LogP) is 3.81. The number of nitrogens with one attached hydrogen (secondary N) is 1. The van der Waals surface area contributed by atoms with Crippen LogP contribution in [0.25, 0.3) is 0 Å². The van der Waals surface area contributed by atoms with Crippen LogP contribution in [0.5, 0.6) is 0 Å². The van der Waals surface area contributed by atoms with Crippen molar-refractivity contribution in [3.63, 3.8) is 0 Å². The lowest BCUT2D eigenvalue weighted by Gasteiger charge is -2.33. The first kappa shape index (κ1) is 16.5. The van der Waals surface area contributed by atoms with E-state index < -0.39 is 12.1 Å². The van der Waals surface area contributed by atoms with Crippen molar-refractivity contribution in [2.45, 2.75) is 51.9 Å². The highest BCUT2D eigenvalue weighted by molar-refractivity contribution is 7.15. The Morgan fingerprint density at radius 1 is 1.38 bits per heavy atom. The van der Waals surface area contributed by atoms with Gasteiger partial charge in [-0.05, 0) is 33.6 Å². The van der Waals surface area contributed by atoms with Crippen molar-refractivity contribution >= 4 is 16.5 Å². The van der Waals surface area contributed by atoms with Gasteiger partial charge in [-0.1, -0.05) is 0 Å². The van der Waals surface area contributed by atoms with Gasteiger partial charge < -0.3 is 10.2 Å². The van der Waals surface area contributed by atoms with Crippen molar-refractivity contribution in [1.82, 2.24) is 10.3 Å². The van der Waals surface area contributed by atoms with E-state index in [1.165, 1.54) is 11.3 Å². The third kappa shape index (κ3) is 4.85. The molecule has 0 amide bonds. The first-order valence-electron chi connectivity index (χ1n) is 7.16. The molecule has 0 saturated carbocycles. The van der Waals surface area contributed by atoms with E-state index in [0.717, 1.165) is 4.88 Å². The minimum Gasteiger partial charge on any atom is -0.347 e. The van der Waals surface area contributed by atoms with E-state index in [9.17, 15) is 13.2 Å². The molecule has 1 aromatic heterocycles. The van der Waals surface area contributed by atoms with Gasteiger partial charge in [-0.15, -0.1) is 11.3 Å². The summed E-state index contributed by atoms with van der Waals surface area (Å²) in [5.74, 6) is -1.23. The Kier molecular flexibility index (Phi) is 4.82. The van der Waals surface area contributed by atoms with Crippen LogP contribution in [0, 0.1) is 5.92 Å². The molecule has 1 saturated heterocycles. The quantitative estimate of drug-likeness (QED) is 0.917. The lowest BCUT2D eigenvalue weighted by molar-refractivity contribution is -0.175. The molecule has 1 aliphatic rings. The number of halogens is 3. The summed E-state index contributed by atoms with van der Waals surface area (Å²) < 4.78 is 38.5. The Bertz CT molecular complexity index is 465. The maximum atomic E-state index is 12.8. The number of hydrogen-bond acceptors (Lipinski definition) is 4. The average Bonchev–Trinajstić information content (AvgIpc) is 2.83. The summed E-state index contributed by atoms with van der Waals surface area (Å²) >= 11 is 1.48. The Balaban J connectivity index is 1.97. The standard InChI is InChI=1S/C14H22F3N3S/c1-13(2,3)19-8-11-7-18-12(21-11)20-6-4-5-10(9-20)14(15,16)17/h7,10,19H,4-6,8-9H2,1-3H3. The summed E-state index contributed by atoms with van der Waals surface area (Å²) in [6, 6.07) is 0. The smallest absolute Gasteiger partial charge is 0.347 e. The van der Waals surface area contributed by atoms with Gasteiger partial charge in [-0.25, -0.2) is 4.98 Å². The van der Waals surface area contributed by atoms with Crippen LogP contribution in [-0.2, 0) is 6.54 Å². The molecule has 2 heterocycles. The highest BCUT2D eigenvalue weighted by Gasteiger charge is 2.42. The van der Waals surface area contributed by atoms with Gasteiger partial charge in [0.2, 0.25) is 0 Å². The van der Waals surface area contributed by atoms with Crippen molar-refractivity contribution in [1.29, 1.82) is 0 Å². The number of aromatic nitrogens is 1. The minimum atomic E-state index is -4.10. The second-order valence-electron chi connectivity index (χ2n) is 6.54. The molecule has 1 aliphatic heterocycles. The number of nitrogens with zero attached hydrogens (tertiary/aromatic N) is 2. The fourth-order valence-corrected chi connectivity index (χ4v) is 3.18. The topological polar surface area (TPSA) is 28.2 Å². The molecule has 1 aromatic rings. The van der Waals surface area contributed by atoms with Crippen LogP contribution in [0.3, 0.4) is 0 Å². The van der Waals surface area contributed by atoms with E-state index in [-0.39, 0.29) is 18.5 Å². The van der Waals surface area contributed by atoms with Crippen LogP contribution >= 0.6 is 11.3 Å². The van der Waals surface area contributed by atoms with E-state index >= 15 is 0 Å². The van der Waals surface area contributed by atoms with E-state index in [1.807, 2.05) is 0 Å². The second-order valence-corrected chi connectivity index (χ2v) is 7.63. The molecular formula is C14H22F3N3S. The van der Waals surface area contributed by atoms with Crippen molar-refractivity contribution in [3.8, 4) is 0 Å². The first-order valence-corrected chi connectivity index (χ1v) is 7.98. The minimum absolute atomic E-state index is 0.0106. The molecule has 1 atom stereocenters. The highest BCUT2D eigenvalue weighted by atomic mass is 32.1. The van der Waals surface area contributed by atoms with Crippen LogP contribution in [0.2, 0.25) is 0 Å². The molecule has 0 bridgehead atoms. The molecular weight excluding hydrogens is 299 g/mol. The molecule has 3 nitrogen and oxygen atoms in total. The molecule has 0 aliphatic carbocycles. The van der Waals surface area contributed by atoms with Crippen LogP contribution in [-0.4, -0.2) is 29.8 Å². The lowest BCUT2D eigenvalue weighted by Crippen LogP contribution is -2.41. The van der Waals surface area contributed by atoms with E-state index in [0.29, 0.717) is 24.6 Å². The number of piperidine rings is 1. The number of thiazole rings is 1. The summed E-state index contributed by atoms with van der Waals surface area (Å²) in [5.41, 5.74) is 0.0106. The Morgan fingerprint density at radius 3 is 2.71 bits per heavy atom. The molecule has 1 fully saturated rings. The SMILES string of the molecule is CC(C)(C)NCc1cnc(N2CCCC(C(F)(F)F)C2)s1. The van der Waals surface area contributed by atoms with Gasteiger partial charge in [0.15, 0.2) is 5.13 Å².